The predicted molar refractivity (Wildman–Crippen MR) is 110 cm³/mol. The van der Waals surface area contributed by atoms with Crippen molar-refractivity contribution in [2.75, 3.05) is 6.54 Å². The zero-order valence-corrected chi connectivity index (χ0v) is 16.3. The normalized spacial score (nSPS) is 11.4. The molecule has 2 aromatic carbocycles. The van der Waals surface area contributed by atoms with Crippen molar-refractivity contribution in [2.45, 2.75) is 50.3 Å². The molecule has 0 aliphatic rings. The molecule has 2 rings (SSSR count). The molecule has 0 saturated heterocycles. The van der Waals surface area contributed by atoms with Crippen molar-refractivity contribution in [3.63, 3.8) is 0 Å². The third-order valence-electron chi connectivity index (χ3n) is 3.98. The molecule has 2 heteroatoms. The molecule has 0 radical (unpaired) electrons. The Morgan fingerprint density at radius 1 is 1.00 bits per heavy atom. The van der Waals surface area contributed by atoms with E-state index in [1.54, 1.807) is 11.8 Å². The van der Waals surface area contributed by atoms with Crippen LogP contribution in [0.15, 0.2) is 64.9 Å². The Bertz CT molecular complexity index is 599. The van der Waals surface area contributed by atoms with Gasteiger partial charge in [0, 0.05) is 9.79 Å². The second kappa shape index (κ2) is 11.1. The smallest absolute Gasteiger partial charge is 0.0122 e. The van der Waals surface area contributed by atoms with Gasteiger partial charge in [-0.3, -0.25) is 0 Å². The SMILES string of the molecule is C=C(c1ccc(Sc2ccc(C)cc2)cc1)C(CC)CCN.CC. The van der Waals surface area contributed by atoms with E-state index < -0.39 is 0 Å². The van der Waals surface area contributed by atoms with E-state index in [1.807, 2.05) is 13.8 Å². The molecule has 0 aliphatic carbocycles. The molecule has 2 aromatic rings. The van der Waals surface area contributed by atoms with Gasteiger partial charge in [0.1, 0.15) is 0 Å². The highest BCUT2D eigenvalue weighted by Crippen LogP contribution is 2.31. The zero-order chi connectivity index (χ0) is 17.9. The lowest BCUT2D eigenvalue weighted by molar-refractivity contribution is 0.598. The van der Waals surface area contributed by atoms with Crippen LogP contribution in [0.2, 0.25) is 0 Å². The molecule has 0 saturated carbocycles. The fourth-order valence-corrected chi connectivity index (χ4v) is 3.36. The summed E-state index contributed by atoms with van der Waals surface area (Å²) in [5.74, 6) is 0.487. The second-order valence-electron chi connectivity index (χ2n) is 5.65. The van der Waals surface area contributed by atoms with Crippen LogP contribution in [0.5, 0.6) is 0 Å². The van der Waals surface area contributed by atoms with Crippen LogP contribution >= 0.6 is 11.8 Å². The Kier molecular flexibility index (Phi) is 9.51. The lowest BCUT2D eigenvalue weighted by Crippen LogP contribution is -2.09. The maximum absolute atomic E-state index is 5.70. The molecule has 0 fully saturated rings. The molecule has 0 heterocycles. The molecule has 2 N–H and O–H groups in total. The third kappa shape index (κ3) is 6.18. The fourth-order valence-electron chi connectivity index (χ4n) is 2.54. The minimum atomic E-state index is 0.487. The van der Waals surface area contributed by atoms with Crippen LogP contribution in [0.4, 0.5) is 0 Å². The summed E-state index contributed by atoms with van der Waals surface area (Å²) in [5, 5.41) is 0. The molecule has 1 atom stereocenters. The van der Waals surface area contributed by atoms with Gasteiger partial charge >= 0.3 is 0 Å². The van der Waals surface area contributed by atoms with Crippen molar-refractivity contribution in [1.29, 1.82) is 0 Å². The second-order valence-corrected chi connectivity index (χ2v) is 6.79. The number of benzene rings is 2. The summed E-state index contributed by atoms with van der Waals surface area (Å²) in [6, 6.07) is 17.4. The van der Waals surface area contributed by atoms with Crippen LogP contribution in [-0.2, 0) is 0 Å². The molecule has 0 aromatic heterocycles. The van der Waals surface area contributed by atoms with Gasteiger partial charge in [-0.2, -0.15) is 0 Å². The quantitative estimate of drug-likeness (QED) is 0.617. The Labute approximate surface area is 152 Å². The van der Waals surface area contributed by atoms with Gasteiger partial charge in [0.25, 0.3) is 0 Å². The van der Waals surface area contributed by atoms with Crippen molar-refractivity contribution in [2.24, 2.45) is 11.7 Å². The van der Waals surface area contributed by atoms with Gasteiger partial charge < -0.3 is 5.73 Å². The first-order valence-corrected chi connectivity index (χ1v) is 9.69. The summed E-state index contributed by atoms with van der Waals surface area (Å²) in [7, 11) is 0. The van der Waals surface area contributed by atoms with Crippen LogP contribution in [0, 0.1) is 12.8 Å². The fraction of sp³-hybridized carbons (Fsp3) is 0.364. The number of hydrogen-bond donors (Lipinski definition) is 1. The summed E-state index contributed by atoms with van der Waals surface area (Å²) in [6.07, 6.45) is 2.10. The van der Waals surface area contributed by atoms with E-state index in [0.717, 1.165) is 19.4 Å². The van der Waals surface area contributed by atoms with Crippen LogP contribution < -0.4 is 5.73 Å². The van der Waals surface area contributed by atoms with Crippen LogP contribution in [0.1, 0.15) is 44.7 Å². The summed E-state index contributed by atoms with van der Waals surface area (Å²) in [5.41, 5.74) is 9.43. The molecule has 0 spiro atoms. The standard InChI is InChI=1S/C20H25NS.C2H6/c1-4-17(13-14-21)16(3)18-7-11-20(12-8-18)22-19-9-5-15(2)6-10-19;1-2/h5-12,17H,3-4,13-14,21H2,1-2H3;1-2H3. The average molecular weight is 342 g/mol. The van der Waals surface area contributed by atoms with Crippen LogP contribution in [-0.4, -0.2) is 6.54 Å². The molecule has 0 aliphatic heterocycles. The first kappa shape index (κ1) is 20.5. The van der Waals surface area contributed by atoms with E-state index in [9.17, 15) is 0 Å². The van der Waals surface area contributed by atoms with Gasteiger partial charge in [0.15, 0.2) is 0 Å². The zero-order valence-electron chi connectivity index (χ0n) is 15.5. The third-order valence-corrected chi connectivity index (χ3v) is 5.00. The van der Waals surface area contributed by atoms with E-state index in [2.05, 4.69) is 69.0 Å². The lowest BCUT2D eigenvalue weighted by atomic mass is 9.89. The highest BCUT2D eigenvalue weighted by Gasteiger charge is 2.11. The van der Waals surface area contributed by atoms with E-state index in [1.165, 1.54) is 26.5 Å². The number of nitrogens with two attached hydrogens (primary N) is 1. The Balaban J connectivity index is 0.00000139. The molecule has 24 heavy (non-hydrogen) atoms. The molecule has 1 unspecified atom stereocenters. The summed E-state index contributed by atoms with van der Waals surface area (Å²) in [4.78, 5) is 2.53. The van der Waals surface area contributed by atoms with Crippen molar-refractivity contribution in [3.05, 3.63) is 66.2 Å². The number of hydrogen-bond acceptors (Lipinski definition) is 2. The van der Waals surface area contributed by atoms with Crippen LogP contribution in [0.25, 0.3) is 5.57 Å². The van der Waals surface area contributed by atoms with Crippen molar-refractivity contribution in [1.82, 2.24) is 0 Å². The predicted octanol–water partition coefficient (Wildman–Crippen LogP) is 6.56. The Morgan fingerprint density at radius 3 is 1.96 bits per heavy atom. The Morgan fingerprint density at radius 2 is 1.50 bits per heavy atom. The molecular weight excluding hydrogens is 310 g/mol. The topological polar surface area (TPSA) is 26.0 Å². The van der Waals surface area contributed by atoms with Gasteiger partial charge in [0.05, 0.1) is 0 Å². The van der Waals surface area contributed by atoms with Crippen molar-refractivity contribution in [3.8, 4) is 0 Å². The number of allylic oxidation sites excluding steroid dienone is 1. The summed E-state index contributed by atoms with van der Waals surface area (Å²) in [6.45, 7) is 13.3. The van der Waals surface area contributed by atoms with E-state index in [-0.39, 0.29) is 0 Å². The Hall–Kier alpha value is -1.51. The van der Waals surface area contributed by atoms with E-state index >= 15 is 0 Å². The maximum Gasteiger partial charge on any atom is 0.0122 e. The highest BCUT2D eigenvalue weighted by molar-refractivity contribution is 7.99. The highest BCUT2D eigenvalue weighted by atomic mass is 32.2. The first-order chi connectivity index (χ1) is 11.6. The number of rotatable bonds is 7. The molecule has 0 amide bonds. The lowest BCUT2D eigenvalue weighted by Gasteiger charge is -2.17. The minimum absolute atomic E-state index is 0.487. The maximum atomic E-state index is 5.70. The average Bonchev–Trinajstić information content (AvgIpc) is 2.63. The molecule has 1 nitrogen and oxygen atoms in total. The van der Waals surface area contributed by atoms with Gasteiger partial charge in [0.2, 0.25) is 0 Å². The van der Waals surface area contributed by atoms with E-state index in [4.69, 9.17) is 5.73 Å². The summed E-state index contributed by atoms with van der Waals surface area (Å²) < 4.78 is 0. The summed E-state index contributed by atoms with van der Waals surface area (Å²) >= 11 is 1.79. The van der Waals surface area contributed by atoms with Gasteiger partial charge in [-0.15, -0.1) is 0 Å². The minimum Gasteiger partial charge on any atom is -0.330 e. The molecule has 130 valence electrons. The largest absolute Gasteiger partial charge is 0.330 e. The van der Waals surface area contributed by atoms with Crippen LogP contribution in [0.3, 0.4) is 0 Å². The first-order valence-electron chi connectivity index (χ1n) is 8.88. The van der Waals surface area contributed by atoms with Crippen molar-refractivity contribution >= 4 is 17.3 Å². The van der Waals surface area contributed by atoms with Gasteiger partial charge in [-0.05, 0) is 67.6 Å². The molecule has 0 bridgehead atoms. The van der Waals surface area contributed by atoms with Crippen molar-refractivity contribution < 1.29 is 0 Å². The number of aryl methyl sites for hydroxylation is 1. The monoisotopic (exact) mass is 341 g/mol. The molecular formula is C22H31NS. The van der Waals surface area contributed by atoms with Gasteiger partial charge in [-0.25, -0.2) is 0 Å². The van der Waals surface area contributed by atoms with E-state index in [0.29, 0.717) is 5.92 Å². The van der Waals surface area contributed by atoms with Gasteiger partial charge in [-0.1, -0.05) is 68.9 Å².